The van der Waals surface area contributed by atoms with E-state index in [4.69, 9.17) is 5.11 Å². The van der Waals surface area contributed by atoms with Gasteiger partial charge in [0, 0.05) is 42.7 Å². The summed E-state index contributed by atoms with van der Waals surface area (Å²) in [6.07, 6.45) is 0. The number of benzene rings is 2. The summed E-state index contributed by atoms with van der Waals surface area (Å²) in [5, 5.41) is 23.7. The number of thiophene rings is 1. The minimum absolute atomic E-state index is 0.0125. The van der Waals surface area contributed by atoms with Crippen LogP contribution in [0.15, 0.2) is 54.1 Å². The molecule has 0 aliphatic heterocycles. The van der Waals surface area contributed by atoms with Gasteiger partial charge in [0.2, 0.25) is 0 Å². The van der Waals surface area contributed by atoms with Crippen LogP contribution in [0, 0.1) is 17.2 Å². The topological polar surface area (TPSA) is 76.4 Å². The largest absolute Gasteiger partial charge is 0.396 e. The molecule has 0 radical (unpaired) electrons. The molecule has 2 aromatic carbocycles. The molecule has 0 aliphatic rings. The molecule has 0 fully saturated rings. The molecular weight excluding hydrogens is 406 g/mol. The smallest absolute Gasteiger partial charge is 0.262 e. The van der Waals surface area contributed by atoms with E-state index in [1.165, 1.54) is 10.8 Å². The number of carbonyl (C=O) groups is 1. The van der Waals surface area contributed by atoms with E-state index in [0.29, 0.717) is 12.1 Å². The third kappa shape index (κ3) is 5.13. The van der Waals surface area contributed by atoms with Crippen LogP contribution in [-0.4, -0.2) is 38.3 Å². The lowest BCUT2D eigenvalue weighted by Crippen LogP contribution is -2.30. The zero-order chi connectivity index (χ0) is 22.5. The second-order valence-corrected chi connectivity index (χ2v) is 9.00. The highest BCUT2D eigenvalue weighted by atomic mass is 32.1. The summed E-state index contributed by atoms with van der Waals surface area (Å²) in [5.41, 5.74) is 3.03. The van der Waals surface area contributed by atoms with E-state index in [-0.39, 0.29) is 18.1 Å². The molecule has 3 aromatic rings. The molecule has 1 unspecified atom stereocenters. The van der Waals surface area contributed by atoms with Crippen LogP contribution in [0.3, 0.4) is 0 Å². The molecule has 6 heteroatoms. The number of carbonyl (C=O) groups excluding carboxylic acids is 1. The predicted octanol–water partition coefficient (Wildman–Crippen LogP) is 4.68. The average molecular weight is 434 g/mol. The molecule has 3 rings (SSSR count). The highest BCUT2D eigenvalue weighted by Gasteiger charge is 2.16. The van der Waals surface area contributed by atoms with Crippen molar-refractivity contribution in [3.8, 4) is 16.5 Å². The molecular formula is C25H27N3O2S. The number of hydrogen-bond donors (Lipinski definition) is 2. The molecule has 160 valence electrons. The van der Waals surface area contributed by atoms with Gasteiger partial charge in [-0.2, -0.15) is 5.26 Å². The van der Waals surface area contributed by atoms with Gasteiger partial charge in [-0.3, -0.25) is 4.79 Å². The third-order valence-corrected chi connectivity index (χ3v) is 6.49. The van der Waals surface area contributed by atoms with Crippen LogP contribution in [0.25, 0.3) is 26.8 Å². The van der Waals surface area contributed by atoms with Gasteiger partial charge < -0.3 is 15.3 Å². The zero-order valence-electron chi connectivity index (χ0n) is 18.3. The van der Waals surface area contributed by atoms with Crippen LogP contribution in [0.1, 0.15) is 18.7 Å². The van der Waals surface area contributed by atoms with Crippen molar-refractivity contribution in [2.45, 2.75) is 13.8 Å². The third-order valence-electron chi connectivity index (χ3n) is 5.24. The van der Waals surface area contributed by atoms with Gasteiger partial charge in [-0.25, -0.2) is 0 Å². The Hall–Kier alpha value is -3.14. The quantitative estimate of drug-likeness (QED) is 0.419. The van der Waals surface area contributed by atoms with Crippen molar-refractivity contribution in [3.05, 3.63) is 59.0 Å². The van der Waals surface area contributed by atoms with E-state index in [0.717, 1.165) is 21.0 Å². The van der Waals surface area contributed by atoms with Crippen LogP contribution >= 0.6 is 11.3 Å². The van der Waals surface area contributed by atoms with E-state index >= 15 is 0 Å². The zero-order valence-corrected chi connectivity index (χ0v) is 19.1. The summed E-state index contributed by atoms with van der Waals surface area (Å²) in [5.74, 6) is -0.461. The molecule has 0 saturated heterocycles. The van der Waals surface area contributed by atoms with E-state index in [1.54, 1.807) is 18.3 Å². The molecule has 1 atom stereocenters. The number of aliphatic hydroxyl groups excluding tert-OH is 1. The first-order valence-corrected chi connectivity index (χ1v) is 11.0. The molecule has 0 bridgehead atoms. The van der Waals surface area contributed by atoms with Crippen LogP contribution in [0.5, 0.6) is 0 Å². The summed E-state index contributed by atoms with van der Waals surface area (Å²) >= 11 is 1.56. The lowest BCUT2D eigenvalue weighted by Gasteiger charge is -2.13. The van der Waals surface area contributed by atoms with Gasteiger partial charge in [-0.1, -0.05) is 25.1 Å². The van der Waals surface area contributed by atoms with E-state index in [9.17, 15) is 10.1 Å². The Morgan fingerprint density at radius 2 is 1.87 bits per heavy atom. The highest BCUT2D eigenvalue weighted by Crippen LogP contribution is 2.35. The van der Waals surface area contributed by atoms with Gasteiger partial charge in [0.15, 0.2) is 0 Å². The summed E-state index contributed by atoms with van der Waals surface area (Å²) in [6.45, 7) is 3.95. The Bertz CT molecular complexity index is 1170. The number of amides is 1. The lowest BCUT2D eigenvalue weighted by atomic mass is 10.0. The summed E-state index contributed by atoms with van der Waals surface area (Å²) in [7, 11) is 4.06. The van der Waals surface area contributed by atoms with Gasteiger partial charge in [0.1, 0.15) is 11.6 Å². The van der Waals surface area contributed by atoms with Crippen molar-refractivity contribution in [2.75, 3.05) is 32.1 Å². The van der Waals surface area contributed by atoms with Crippen molar-refractivity contribution in [1.29, 1.82) is 5.26 Å². The van der Waals surface area contributed by atoms with Gasteiger partial charge in [0.25, 0.3) is 5.91 Å². The number of allylic oxidation sites excluding steroid dienone is 1. The highest BCUT2D eigenvalue weighted by molar-refractivity contribution is 7.16. The number of nitrogens with one attached hydrogen (secondary N) is 1. The number of anilines is 1. The second-order valence-electron chi connectivity index (χ2n) is 7.91. The molecule has 5 nitrogen and oxygen atoms in total. The SMILES string of the molecule is C/C(=C(/C#N)C(=O)NCC(C)CO)c1ccc(-c2ccc3cc(N(C)C)ccc3c2)s1. The van der Waals surface area contributed by atoms with Gasteiger partial charge in [-0.05, 0) is 65.1 Å². The molecule has 31 heavy (non-hydrogen) atoms. The minimum Gasteiger partial charge on any atom is -0.396 e. The van der Waals surface area contributed by atoms with Crippen molar-refractivity contribution >= 4 is 39.3 Å². The Morgan fingerprint density at radius 3 is 2.55 bits per heavy atom. The molecule has 1 aromatic heterocycles. The molecule has 2 N–H and O–H groups in total. The Labute approximate surface area is 187 Å². The van der Waals surface area contributed by atoms with Gasteiger partial charge in [-0.15, -0.1) is 11.3 Å². The maximum Gasteiger partial charge on any atom is 0.262 e. The van der Waals surface area contributed by atoms with Crippen LogP contribution < -0.4 is 10.2 Å². The fraction of sp³-hybridized carbons (Fsp3) is 0.280. The maximum atomic E-state index is 12.4. The van der Waals surface area contributed by atoms with E-state index in [2.05, 4.69) is 46.6 Å². The number of rotatable bonds is 7. The van der Waals surface area contributed by atoms with Crippen molar-refractivity contribution in [3.63, 3.8) is 0 Å². The molecule has 0 spiro atoms. The first kappa shape index (κ1) is 22.5. The van der Waals surface area contributed by atoms with Crippen LogP contribution in [0.4, 0.5) is 5.69 Å². The maximum absolute atomic E-state index is 12.4. The first-order valence-electron chi connectivity index (χ1n) is 10.2. The minimum atomic E-state index is -0.405. The first-order chi connectivity index (χ1) is 14.8. The van der Waals surface area contributed by atoms with E-state index in [1.807, 2.05) is 39.2 Å². The summed E-state index contributed by atoms with van der Waals surface area (Å²) < 4.78 is 0. The summed E-state index contributed by atoms with van der Waals surface area (Å²) in [6, 6.07) is 18.8. The van der Waals surface area contributed by atoms with E-state index < -0.39 is 5.91 Å². The van der Waals surface area contributed by atoms with Gasteiger partial charge in [0.05, 0.1) is 0 Å². The molecule has 0 saturated carbocycles. The number of nitrogens with zero attached hydrogens (tertiary/aromatic N) is 2. The molecule has 0 aliphatic carbocycles. The van der Waals surface area contributed by atoms with Crippen molar-refractivity contribution < 1.29 is 9.90 Å². The average Bonchev–Trinajstić information content (AvgIpc) is 3.27. The second kappa shape index (κ2) is 9.78. The number of nitriles is 1. The fourth-order valence-corrected chi connectivity index (χ4v) is 4.22. The molecule has 1 amide bonds. The number of hydrogen-bond acceptors (Lipinski definition) is 5. The lowest BCUT2D eigenvalue weighted by molar-refractivity contribution is -0.117. The van der Waals surface area contributed by atoms with Crippen LogP contribution in [-0.2, 0) is 4.79 Å². The van der Waals surface area contributed by atoms with Crippen LogP contribution in [0.2, 0.25) is 0 Å². The normalized spacial score (nSPS) is 12.8. The Kier molecular flexibility index (Phi) is 7.11. The Morgan fingerprint density at radius 1 is 1.16 bits per heavy atom. The monoisotopic (exact) mass is 433 g/mol. The van der Waals surface area contributed by atoms with Gasteiger partial charge >= 0.3 is 0 Å². The number of aliphatic hydroxyl groups is 1. The van der Waals surface area contributed by atoms with Crippen molar-refractivity contribution in [2.24, 2.45) is 5.92 Å². The summed E-state index contributed by atoms with van der Waals surface area (Å²) in [4.78, 5) is 16.5. The fourth-order valence-electron chi connectivity index (χ4n) is 3.21. The molecule has 1 heterocycles. The number of fused-ring (bicyclic) bond motifs is 1. The standard InChI is InChI=1S/C25H27N3O2S/c1-16(15-29)14-27-25(30)22(13-26)17(2)23-9-10-24(31-23)20-6-5-19-12-21(28(3)4)8-7-18(19)11-20/h5-12,16,29H,14-15H2,1-4H3,(H,27,30)/b22-17+. The Balaban J connectivity index is 1.87. The predicted molar refractivity (Wildman–Crippen MR) is 129 cm³/mol. The van der Waals surface area contributed by atoms with Crippen molar-refractivity contribution in [1.82, 2.24) is 5.32 Å².